The van der Waals surface area contributed by atoms with Crippen molar-refractivity contribution >= 4 is 34.9 Å². The molecule has 1 aliphatic rings. The van der Waals surface area contributed by atoms with Crippen LogP contribution >= 0.6 is 11.6 Å². The predicted octanol–water partition coefficient (Wildman–Crippen LogP) is -0.119. The van der Waals surface area contributed by atoms with Crippen molar-refractivity contribution < 1.29 is 9.59 Å². The monoisotopic (exact) mass is 255 g/mol. The fourth-order valence-electron chi connectivity index (χ4n) is 1.52. The number of amides is 2. The zero-order chi connectivity index (χ0) is 12.6. The van der Waals surface area contributed by atoms with Gasteiger partial charge in [-0.2, -0.15) is 4.98 Å². The summed E-state index contributed by atoms with van der Waals surface area (Å²) in [6.07, 6.45) is 1.42. The van der Waals surface area contributed by atoms with Gasteiger partial charge in [-0.05, 0) is 11.6 Å². The molecule has 7 nitrogen and oxygen atoms in total. The summed E-state index contributed by atoms with van der Waals surface area (Å²) in [6, 6.07) is -0.652. The van der Waals surface area contributed by atoms with Gasteiger partial charge in [0.15, 0.2) is 5.82 Å². The molecule has 8 heteroatoms. The molecular weight excluding hydrogens is 246 g/mol. The summed E-state index contributed by atoms with van der Waals surface area (Å²) in [4.78, 5) is 31.6. The Morgan fingerprint density at radius 2 is 2.29 bits per heavy atom. The number of carbonyl (C=O) groups excluding carboxylic acids is 2. The Morgan fingerprint density at radius 3 is 2.88 bits per heavy atom. The minimum Gasteiger partial charge on any atom is -0.394 e. The number of nitrogen functional groups attached to an aromatic ring is 1. The molecule has 1 aromatic rings. The number of anilines is 2. The van der Waals surface area contributed by atoms with Crippen molar-refractivity contribution in [2.45, 2.75) is 12.5 Å². The summed E-state index contributed by atoms with van der Waals surface area (Å²) in [6.45, 7) is 0. The van der Waals surface area contributed by atoms with Gasteiger partial charge in [0.2, 0.25) is 11.2 Å². The van der Waals surface area contributed by atoms with Crippen molar-refractivity contribution in [1.82, 2.24) is 14.9 Å². The van der Waals surface area contributed by atoms with Crippen molar-refractivity contribution in [2.75, 3.05) is 18.1 Å². The van der Waals surface area contributed by atoms with Crippen molar-refractivity contribution in [2.24, 2.45) is 0 Å². The van der Waals surface area contributed by atoms with Gasteiger partial charge in [-0.1, -0.05) is 0 Å². The Kier molecular flexibility index (Phi) is 2.84. The van der Waals surface area contributed by atoms with Gasteiger partial charge in [-0.15, -0.1) is 0 Å². The van der Waals surface area contributed by atoms with E-state index in [-0.39, 0.29) is 35.0 Å². The normalized spacial score (nSPS) is 19.9. The van der Waals surface area contributed by atoms with Gasteiger partial charge in [-0.25, -0.2) is 4.98 Å². The van der Waals surface area contributed by atoms with Crippen molar-refractivity contribution in [1.29, 1.82) is 0 Å². The SMILES string of the molecule is CN1C(=O)CC(Nc2nc(Cl)ncc2N)C1=O. The highest BCUT2D eigenvalue weighted by Crippen LogP contribution is 2.20. The predicted molar refractivity (Wildman–Crippen MR) is 61.3 cm³/mol. The molecule has 0 radical (unpaired) electrons. The third kappa shape index (κ3) is 2.14. The second-order valence-corrected chi connectivity index (χ2v) is 3.97. The number of likely N-dealkylation sites (tertiary alicyclic amines) is 1. The Balaban J connectivity index is 2.19. The molecule has 2 amide bonds. The maximum atomic E-state index is 11.6. The lowest BCUT2D eigenvalue weighted by atomic mass is 10.2. The van der Waals surface area contributed by atoms with Crippen LogP contribution in [-0.2, 0) is 9.59 Å². The lowest BCUT2D eigenvalue weighted by Gasteiger charge is -2.12. The summed E-state index contributed by atoms with van der Waals surface area (Å²) in [5.41, 5.74) is 5.89. The van der Waals surface area contributed by atoms with E-state index in [4.69, 9.17) is 17.3 Å². The lowest BCUT2D eigenvalue weighted by Crippen LogP contribution is -2.32. The molecule has 2 heterocycles. The Labute approximate surface area is 102 Å². The van der Waals surface area contributed by atoms with E-state index in [0.717, 1.165) is 4.90 Å². The van der Waals surface area contributed by atoms with E-state index in [1.807, 2.05) is 0 Å². The zero-order valence-corrected chi connectivity index (χ0v) is 9.73. The molecule has 0 saturated carbocycles. The standard InChI is InChI=1S/C9H10ClN5O2/c1-15-6(16)2-5(8(15)17)13-7-4(11)3-12-9(10)14-7/h3,5H,2,11H2,1H3,(H,12,13,14). The van der Waals surface area contributed by atoms with E-state index in [1.165, 1.54) is 13.2 Å². The largest absolute Gasteiger partial charge is 0.394 e. The first-order valence-electron chi connectivity index (χ1n) is 4.84. The molecule has 90 valence electrons. The van der Waals surface area contributed by atoms with Gasteiger partial charge in [0.05, 0.1) is 18.3 Å². The molecule has 1 saturated heterocycles. The molecule has 0 spiro atoms. The number of nitrogens with two attached hydrogens (primary N) is 1. The maximum absolute atomic E-state index is 11.6. The van der Waals surface area contributed by atoms with Crippen LogP contribution in [0.15, 0.2) is 6.20 Å². The van der Waals surface area contributed by atoms with E-state index >= 15 is 0 Å². The van der Waals surface area contributed by atoms with E-state index < -0.39 is 6.04 Å². The van der Waals surface area contributed by atoms with Gasteiger partial charge < -0.3 is 11.1 Å². The average molecular weight is 256 g/mol. The third-order valence-electron chi connectivity index (χ3n) is 2.48. The highest BCUT2D eigenvalue weighted by atomic mass is 35.5. The van der Waals surface area contributed by atoms with Crippen LogP contribution in [0.1, 0.15) is 6.42 Å². The minimum absolute atomic E-state index is 0.0202. The molecule has 2 rings (SSSR count). The van der Waals surface area contributed by atoms with Crippen LogP contribution in [0.3, 0.4) is 0 Å². The van der Waals surface area contributed by atoms with Crippen LogP contribution < -0.4 is 11.1 Å². The molecule has 1 unspecified atom stereocenters. The van der Waals surface area contributed by atoms with Gasteiger partial charge >= 0.3 is 0 Å². The van der Waals surface area contributed by atoms with Gasteiger partial charge in [0.25, 0.3) is 5.91 Å². The van der Waals surface area contributed by atoms with Crippen LogP contribution in [0.25, 0.3) is 0 Å². The number of carbonyl (C=O) groups is 2. The van der Waals surface area contributed by atoms with E-state index in [0.29, 0.717) is 0 Å². The Morgan fingerprint density at radius 1 is 1.59 bits per heavy atom. The number of nitrogens with one attached hydrogen (secondary N) is 1. The Bertz CT molecular complexity index is 492. The second-order valence-electron chi connectivity index (χ2n) is 3.64. The summed E-state index contributed by atoms with van der Waals surface area (Å²) >= 11 is 5.62. The van der Waals surface area contributed by atoms with Crippen molar-refractivity contribution in [3.8, 4) is 0 Å². The quantitative estimate of drug-likeness (QED) is 0.564. The van der Waals surface area contributed by atoms with E-state index in [1.54, 1.807) is 0 Å². The molecular formula is C9H10ClN5O2. The van der Waals surface area contributed by atoms with Crippen LogP contribution in [0, 0.1) is 0 Å². The fourth-order valence-corrected chi connectivity index (χ4v) is 1.65. The fraction of sp³-hybridized carbons (Fsp3) is 0.333. The smallest absolute Gasteiger partial charge is 0.251 e. The molecule has 1 atom stereocenters. The number of hydrogen-bond donors (Lipinski definition) is 2. The number of rotatable bonds is 2. The molecule has 0 bridgehead atoms. The van der Waals surface area contributed by atoms with Crippen molar-refractivity contribution in [3.05, 3.63) is 11.5 Å². The third-order valence-corrected chi connectivity index (χ3v) is 2.66. The van der Waals surface area contributed by atoms with Crippen LogP contribution in [0.5, 0.6) is 0 Å². The number of likely N-dealkylation sites (N-methyl/N-ethyl adjacent to an activating group) is 1. The minimum atomic E-state index is -0.652. The number of halogens is 1. The zero-order valence-electron chi connectivity index (χ0n) is 8.98. The van der Waals surface area contributed by atoms with Crippen LogP contribution in [0.2, 0.25) is 5.28 Å². The summed E-state index contributed by atoms with van der Waals surface area (Å²) in [5, 5.41) is 2.81. The van der Waals surface area contributed by atoms with Crippen LogP contribution in [0.4, 0.5) is 11.5 Å². The molecule has 1 aliphatic heterocycles. The molecule has 1 fully saturated rings. The summed E-state index contributed by atoms with van der Waals surface area (Å²) in [5.74, 6) is -0.304. The highest BCUT2D eigenvalue weighted by molar-refractivity contribution is 6.28. The maximum Gasteiger partial charge on any atom is 0.251 e. The summed E-state index contributed by atoms with van der Waals surface area (Å²) in [7, 11) is 1.43. The van der Waals surface area contributed by atoms with E-state index in [9.17, 15) is 9.59 Å². The Hall–Kier alpha value is -1.89. The molecule has 1 aromatic heterocycles. The second kappa shape index (κ2) is 4.17. The van der Waals surface area contributed by atoms with Crippen LogP contribution in [-0.4, -0.2) is 39.8 Å². The lowest BCUT2D eigenvalue weighted by molar-refractivity contribution is -0.136. The molecule has 17 heavy (non-hydrogen) atoms. The first-order chi connectivity index (χ1) is 7.99. The average Bonchev–Trinajstić information content (AvgIpc) is 2.52. The topological polar surface area (TPSA) is 101 Å². The number of imide groups is 1. The first kappa shape index (κ1) is 11.6. The first-order valence-corrected chi connectivity index (χ1v) is 5.22. The summed E-state index contributed by atoms with van der Waals surface area (Å²) < 4.78 is 0. The van der Waals surface area contributed by atoms with E-state index in [2.05, 4.69) is 15.3 Å². The molecule has 0 aliphatic carbocycles. The van der Waals surface area contributed by atoms with Gasteiger partial charge in [0.1, 0.15) is 6.04 Å². The van der Waals surface area contributed by atoms with Gasteiger partial charge in [0, 0.05) is 7.05 Å². The molecule has 3 N–H and O–H groups in total. The van der Waals surface area contributed by atoms with Gasteiger partial charge in [-0.3, -0.25) is 14.5 Å². The molecule has 0 aromatic carbocycles. The number of aromatic nitrogens is 2. The number of hydrogen-bond acceptors (Lipinski definition) is 6. The highest BCUT2D eigenvalue weighted by Gasteiger charge is 2.36. The number of nitrogens with zero attached hydrogens (tertiary/aromatic N) is 3. The van der Waals surface area contributed by atoms with Crippen molar-refractivity contribution in [3.63, 3.8) is 0 Å².